The van der Waals surface area contributed by atoms with Crippen molar-refractivity contribution in [1.29, 1.82) is 0 Å². The molecule has 0 aliphatic rings. The van der Waals surface area contributed by atoms with Crippen molar-refractivity contribution in [3.63, 3.8) is 0 Å². The molecule has 0 radical (unpaired) electrons. The number of hydrogen-bond donors (Lipinski definition) is 1. The highest BCUT2D eigenvalue weighted by atomic mass is 19.1. The van der Waals surface area contributed by atoms with E-state index in [1.807, 2.05) is 32.0 Å². The molecule has 0 aliphatic heterocycles. The fraction of sp³-hybridized carbons (Fsp3) is 0.200. The van der Waals surface area contributed by atoms with E-state index in [0.717, 1.165) is 29.3 Å². The van der Waals surface area contributed by atoms with Crippen molar-refractivity contribution in [2.24, 2.45) is 0 Å². The molecule has 0 saturated carbocycles. The minimum Gasteiger partial charge on any atom is -0.451 e. The Hall–Kier alpha value is -3.62. The zero-order valence-corrected chi connectivity index (χ0v) is 16.0. The highest BCUT2D eigenvalue weighted by molar-refractivity contribution is 5.95. The smallest absolute Gasteiger partial charge is 0.361 e. The summed E-state index contributed by atoms with van der Waals surface area (Å²) < 4.78 is 31.6. The molecule has 150 valence electrons. The molecular formula is C20H18F2N4O3. The predicted molar refractivity (Wildman–Crippen MR) is 101 cm³/mol. The first-order valence-electron chi connectivity index (χ1n) is 8.68. The van der Waals surface area contributed by atoms with Gasteiger partial charge in [0.1, 0.15) is 11.6 Å². The minimum absolute atomic E-state index is 0.0466. The van der Waals surface area contributed by atoms with Gasteiger partial charge in [-0.1, -0.05) is 17.7 Å². The number of aryl methyl sites for hydroxylation is 3. The lowest BCUT2D eigenvalue weighted by molar-refractivity contribution is -0.119. The molecular weight excluding hydrogens is 382 g/mol. The van der Waals surface area contributed by atoms with Gasteiger partial charge < -0.3 is 10.1 Å². The molecule has 9 heteroatoms. The molecule has 1 aromatic heterocycles. The third-order valence-corrected chi connectivity index (χ3v) is 4.08. The number of ether oxygens (including phenoxy) is 1. The summed E-state index contributed by atoms with van der Waals surface area (Å²) >= 11 is 0. The van der Waals surface area contributed by atoms with Crippen molar-refractivity contribution in [3.8, 4) is 5.69 Å². The van der Waals surface area contributed by atoms with Gasteiger partial charge in [0.05, 0.1) is 17.1 Å². The largest absolute Gasteiger partial charge is 0.451 e. The third-order valence-electron chi connectivity index (χ3n) is 4.08. The predicted octanol–water partition coefficient (Wildman–Crippen LogP) is 3.27. The van der Waals surface area contributed by atoms with Crippen molar-refractivity contribution in [2.75, 3.05) is 11.9 Å². The van der Waals surface area contributed by atoms with Crippen LogP contribution in [0.25, 0.3) is 5.69 Å². The van der Waals surface area contributed by atoms with Crippen molar-refractivity contribution in [3.05, 3.63) is 70.5 Å². The fourth-order valence-corrected chi connectivity index (χ4v) is 2.68. The van der Waals surface area contributed by atoms with E-state index in [2.05, 4.69) is 15.5 Å². The van der Waals surface area contributed by atoms with Crippen LogP contribution in [-0.2, 0) is 9.53 Å². The van der Waals surface area contributed by atoms with E-state index in [1.54, 1.807) is 6.92 Å². The number of aromatic nitrogens is 3. The lowest BCUT2D eigenvalue weighted by atomic mass is 10.1. The summed E-state index contributed by atoms with van der Waals surface area (Å²) in [4.78, 5) is 25.5. The molecule has 0 spiro atoms. The Balaban J connectivity index is 1.67. The summed E-state index contributed by atoms with van der Waals surface area (Å²) in [5.41, 5.74) is 2.65. The van der Waals surface area contributed by atoms with Crippen LogP contribution < -0.4 is 5.32 Å². The highest BCUT2D eigenvalue weighted by Crippen LogP contribution is 2.17. The highest BCUT2D eigenvalue weighted by Gasteiger charge is 2.20. The molecule has 0 atom stereocenters. The molecule has 0 unspecified atom stereocenters. The standard InChI is InChI=1S/C20H18F2N4O3/c1-11-4-7-17(12(2)8-11)26-24-13(3)19(25-26)20(28)29-10-18(27)23-16-9-14(21)5-6-15(16)22/h4-9H,10H2,1-3H3,(H,23,27). The van der Waals surface area contributed by atoms with Crippen LogP contribution in [0, 0.1) is 32.4 Å². The molecule has 3 rings (SSSR count). The molecule has 1 amide bonds. The molecule has 0 aliphatic carbocycles. The zero-order valence-electron chi connectivity index (χ0n) is 16.0. The van der Waals surface area contributed by atoms with E-state index in [-0.39, 0.29) is 11.4 Å². The van der Waals surface area contributed by atoms with Crippen LogP contribution in [0.2, 0.25) is 0 Å². The van der Waals surface area contributed by atoms with Crippen LogP contribution in [0.5, 0.6) is 0 Å². The number of halogens is 2. The SMILES string of the molecule is Cc1ccc(-n2nc(C)c(C(=O)OCC(=O)Nc3cc(F)ccc3F)n2)c(C)c1. The summed E-state index contributed by atoms with van der Waals surface area (Å²) in [7, 11) is 0. The quantitative estimate of drug-likeness (QED) is 0.665. The van der Waals surface area contributed by atoms with Gasteiger partial charge in [-0.2, -0.15) is 9.90 Å². The number of carbonyl (C=O) groups excluding carboxylic acids is 2. The number of hydrogen-bond acceptors (Lipinski definition) is 5. The Morgan fingerprint density at radius 3 is 2.55 bits per heavy atom. The summed E-state index contributed by atoms with van der Waals surface area (Å²) in [6, 6.07) is 8.32. The van der Waals surface area contributed by atoms with E-state index >= 15 is 0 Å². The lowest BCUT2D eigenvalue weighted by Crippen LogP contribution is -2.22. The number of nitrogens with zero attached hydrogens (tertiary/aromatic N) is 3. The van der Waals surface area contributed by atoms with Gasteiger partial charge in [-0.25, -0.2) is 13.6 Å². The first kappa shape index (κ1) is 20.1. The first-order chi connectivity index (χ1) is 13.7. The summed E-state index contributed by atoms with van der Waals surface area (Å²) in [6.07, 6.45) is 0. The van der Waals surface area contributed by atoms with Crippen LogP contribution in [0.3, 0.4) is 0 Å². The molecule has 1 N–H and O–H groups in total. The van der Waals surface area contributed by atoms with Crippen molar-refractivity contribution in [2.45, 2.75) is 20.8 Å². The zero-order chi connectivity index (χ0) is 21.1. The summed E-state index contributed by atoms with van der Waals surface area (Å²) in [5, 5.41) is 10.5. The number of carbonyl (C=O) groups is 2. The number of nitrogens with one attached hydrogen (secondary N) is 1. The molecule has 7 nitrogen and oxygen atoms in total. The van der Waals surface area contributed by atoms with Gasteiger partial charge >= 0.3 is 5.97 Å². The van der Waals surface area contributed by atoms with Crippen molar-refractivity contribution < 1.29 is 23.1 Å². The Labute approximate surface area is 165 Å². The van der Waals surface area contributed by atoms with E-state index in [1.165, 1.54) is 4.80 Å². The maximum Gasteiger partial charge on any atom is 0.361 e. The van der Waals surface area contributed by atoms with Crippen LogP contribution in [0.4, 0.5) is 14.5 Å². The molecule has 1 heterocycles. The Morgan fingerprint density at radius 2 is 1.83 bits per heavy atom. The number of rotatable bonds is 5. The van der Waals surface area contributed by atoms with E-state index in [4.69, 9.17) is 4.74 Å². The van der Waals surface area contributed by atoms with E-state index in [9.17, 15) is 18.4 Å². The van der Waals surface area contributed by atoms with Crippen molar-refractivity contribution in [1.82, 2.24) is 15.0 Å². The van der Waals surface area contributed by atoms with Gasteiger partial charge in [-0.15, -0.1) is 5.10 Å². The number of esters is 1. The second-order valence-electron chi connectivity index (χ2n) is 6.46. The maximum atomic E-state index is 13.6. The monoisotopic (exact) mass is 400 g/mol. The minimum atomic E-state index is -0.853. The second-order valence-corrected chi connectivity index (χ2v) is 6.46. The van der Waals surface area contributed by atoms with Crippen LogP contribution in [-0.4, -0.2) is 33.5 Å². The third kappa shape index (κ3) is 4.63. The average molecular weight is 400 g/mol. The average Bonchev–Trinajstić information content (AvgIpc) is 3.04. The normalized spacial score (nSPS) is 10.7. The van der Waals surface area contributed by atoms with Crippen LogP contribution >= 0.6 is 0 Å². The molecule has 29 heavy (non-hydrogen) atoms. The summed E-state index contributed by atoms with van der Waals surface area (Å²) in [5.74, 6) is -3.19. The van der Waals surface area contributed by atoms with E-state index < -0.39 is 30.1 Å². The number of benzene rings is 2. The Bertz CT molecular complexity index is 1100. The topological polar surface area (TPSA) is 86.1 Å². The number of amides is 1. The van der Waals surface area contributed by atoms with Gasteiger partial charge in [0.2, 0.25) is 0 Å². The first-order valence-corrected chi connectivity index (χ1v) is 8.68. The van der Waals surface area contributed by atoms with Gasteiger partial charge in [-0.3, -0.25) is 4.79 Å². The molecule has 2 aromatic carbocycles. The maximum absolute atomic E-state index is 13.6. The van der Waals surface area contributed by atoms with Gasteiger partial charge in [-0.05, 0) is 44.5 Å². The van der Waals surface area contributed by atoms with Gasteiger partial charge in [0, 0.05) is 6.07 Å². The molecule has 0 bridgehead atoms. The number of anilines is 1. The lowest BCUT2D eigenvalue weighted by Gasteiger charge is -2.07. The van der Waals surface area contributed by atoms with Gasteiger partial charge in [0.15, 0.2) is 12.3 Å². The van der Waals surface area contributed by atoms with Crippen LogP contribution in [0.15, 0.2) is 36.4 Å². The summed E-state index contributed by atoms with van der Waals surface area (Å²) in [6.45, 7) is 4.76. The Kier molecular flexibility index (Phi) is 5.67. The Morgan fingerprint density at radius 1 is 1.07 bits per heavy atom. The molecule has 3 aromatic rings. The molecule has 0 saturated heterocycles. The van der Waals surface area contributed by atoms with Crippen LogP contribution in [0.1, 0.15) is 27.3 Å². The molecule has 0 fully saturated rings. The van der Waals surface area contributed by atoms with E-state index in [0.29, 0.717) is 11.4 Å². The van der Waals surface area contributed by atoms with Gasteiger partial charge in [0.25, 0.3) is 5.91 Å². The second kappa shape index (κ2) is 8.17. The van der Waals surface area contributed by atoms with Crippen molar-refractivity contribution >= 4 is 17.6 Å². The fourth-order valence-electron chi connectivity index (χ4n) is 2.68.